The fourth-order valence-electron chi connectivity index (χ4n) is 5.39. The second-order valence-corrected chi connectivity index (χ2v) is 14.6. The molecule has 2 aliphatic heterocycles. The van der Waals surface area contributed by atoms with Gasteiger partial charge >= 0.3 is 45.5 Å². The van der Waals surface area contributed by atoms with Crippen molar-refractivity contribution in [1.29, 1.82) is 0 Å². The van der Waals surface area contributed by atoms with E-state index in [0.29, 0.717) is 0 Å². The third kappa shape index (κ3) is 11.2. The number of esters is 5. The topological polar surface area (TPSA) is 342 Å². The number of hydrogen-bond acceptors (Lipinski definition) is 22. The molecule has 4 heterocycles. The van der Waals surface area contributed by atoms with Gasteiger partial charge in [-0.05, 0) is 0 Å². The van der Waals surface area contributed by atoms with E-state index in [1.807, 2.05) is 0 Å². The molecule has 2 fully saturated rings. The Hall–Kier alpha value is -4.23. The maximum Gasteiger partial charge on any atom is 0.483 e. The summed E-state index contributed by atoms with van der Waals surface area (Å²) in [5.74, 6) is -5.27. The summed E-state index contributed by atoms with van der Waals surface area (Å²) in [7, 11) is -11.7. The van der Waals surface area contributed by atoms with Crippen LogP contribution in [0.1, 0.15) is 40.8 Å². The van der Waals surface area contributed by atoms with Crippen LogP contribution in [-0.2, 0) is 79.6 Å². The molecule has 28 heteroatoms. The smallest absolute Gasteiger partial charge is 0.462 e. The first-order valence-corrected chi connectivity index (χ1v) is 18.7. The Morgan fingerprint density at radius 1 is 0.891 bits per heavy atom. The van der Waals surface area contributed by atoms with Crippen molar-refractivity contribution in [2.75, 3.05) is 18.9 Å². The number of imidazole rings is 1. The van der Waals surface area contributed by atoms with E-state index in [2.05, 4.69) is 19.3 Å². The number of aliphatic hydroxyl groups is 1. The van der Waals surface area contributed by atoms with Gasteiger partial charge < -0.3 is 53.8 Å². The van der Waals surface area contributed by atoms with Gasteiger partial charge in [0.2, 0.25) is 6.29 Å². The summed E-state index contributed by atoms with van der Waals surface area (Å²) in [6.07, 6.45) is -17.4. The van der Waals surface area contributed by atoms with Crippen molar-refractivity contribution in [3.8, 4) is 0 Å². The Labute approximate surface area is 308 Å². The van der Waals surface area contributed by atoms with Gasteiger partial charge in [-0.1, -0.05) is 0 Å². The molecule has 2 aromatic rings. The lowest BCUT2D eigenvalue weighted by Crippen LogP contribution is -2.65. The highest BCUT2D eigenvalue weighted by atomic mass is 31.3. The van der Waals surface area contributed by atoms with E-state index in [0.717, 1.165) is 51.8 Å². The Bertz CT molecular complexity index is 1870. The number of phosphoric acid groups is 2. The fourth-order valence-corrected chi connectivity index (χ4v) is 7.54. The zero-order chi connectivity index (χ0) is 41.0. The molecule has 0 amide bonds. The quantitative estimate of drug-likeness (QED) is 0.0976. The molecule has 4 rings (SSSR count). The van der Waals surface area contributed by atoms with Gasteiger partial charge in [-0.3, -0.25) is 37.6 Å². The van der Waals surface area contributed by atoms with E-state index < -0.39 is 120 Å². The molecule has 5 unspecified atom stereocenters. The number of ether oxygens (including phenoxy) is 7. The predicted octanol–water partition coefficient (Wildman–Crippen LogP) is -0.730. The monoisotopic (exact) mass is 831 g/mol. The SMILES string of the molecule is CC(=O)OC[C@@H](OC(C)=O)C1O[C@@H](OP(=O)(O)OP(=O)(O)OC[C@H]2O[C@@H](n3cnc4c(N)ncnc43)[C@@H](F)[C@H]2O)C(OC(C)=O)C(OC(C)=O)[C@@H]1OC(C)=O. The molecular formula is C27H36FN5O20P2. The Kier molecular flexibility index (Phi) is 14.0. The molecule has 0 bridgehead atoms. The number of halogens is 1. The van der Waals surface area contributed by atoms with Gasteiger partial charge in [0, 0.05) is 34.6 Å². The van der Waals surface area contributed by atoms with Crippen molar-refractivity contribution in [3.63, 3.8) is 0 Å². The van der Waals surface area contributed by atoms with E-state index in [4.69, 9.17) is 47.9 Å². The standard InChI is InChI=1S/C27H36FN5O20P2/c1-10(34)44-6-16(46-11(2)35)20-21(47-12(3)36)22(48-13(4)37)23(49-14(5)38)27(51-20)52-55(42,43)53-54(40,41)45-7-15-19(39)17(28)26(50-15)33-9-32-18-24(29)30-8-31-25(18)33/h8-9,15-17,19-23,26-27,39H,6-7H2,1-5H3,(H,40,41)(H,42,43)(H2,29,30,31)/t15-,16-,17+,19+,20?,21-,22?,23?,26-,27+/m1/s1. The summed E-state index contributed by atoms with van der Waals surface area (Å²) < 4.78 is 93.1. The van der Waals surface area contributed by atoms with Crippen molar-refractivity contribution in [1.82, 2.24) is 19.5 Å². The van der Waals surface area contributed by atoms with Crippen LogP contribution in [0.5, 0.6) is 0 Å². The van der Waals surface area contributed by atoms with Gasteiger partial charge in [0.1, 0.15) is 36.8 Å². The van der Waals surface area contributed by atoms with E-state index in [-0.39, 0.29) is 17.0 Å². The molecular weight excluding hydrogens is 795 g/mol. The third-order valence-corrected chi connectivity index (χ3v) is 9.97. The second kappa shape index (κ2) is 17.7. The highest BCUT2D eigenvalue weighted by molar-refractivity contribution is 7.61. The van der Waals surface area contributed by atoms with Crippen LogP contribution in [0.25, 0.3) is 11.2 Å². The maximum absolute atomic E-state index is 15.2. The number of carbonyl (C=O) groups is 5. The molecule has 0 aliphatic carbocycles. The minimum atomic E-state index is -5.97. The van der Waals surface area contributed by atoms with Crippen molar-refractivity contribution >= 4 is 62.5 Å². The molecule has 5 N–H and O–H groups in total. The molecule has 12 atom stereocenters. The van der Waals surface area contributed by atoms with Gasteiger partial charge in [0.05, 0.1) is 12.9 Å². The molecule has 2 saturated heterocycles. The summed E-state index contributed by atoms with van der Waals surface area (Å²) >= 11 is 0. The number of alkyl halides is 1. The van der Waals surface area contributed by atoms with Gasteiger partial charge in [-0.2, -0.15) is 4.31 Å². The normalized spacial score (nSPS) is 29.3. The molecule has 0 saturated carbocycles. The molecule has 2 aromatic heterocycles. The number of nitrogen functional groups attached to an aromatic ring is 1. The van der Waals surface area contributed by atoms with E-state index in [9.17, 15) is 48.0 Å². The van der Waals surface area contributed by atoms with E-state index >= 15 is 4.39 Å². The number of fused-ring (bicyclic) bond motifs is 1. The first-order valence-electron chi connectivity index (χ1n) is 15.7. The number of carbonyl (C=O) groups excluding carboxylic acids is 5. The minimum absolute atomic E-state index is 0.0170. The number of anilines is 1. The van der Waals surface area contributed by atoms with Crippen molar-refractivity contribution in [2.45, 2.75) is 96.0 Å². The molecule has 306 valence electrons. The number of nitrogens with two attached hydrogens (primary N) is 1. The van der Waals surface area contributed by atoms with Crippen LogP contribution in [0, 0.1) is 0 Å². The fraction of sp³-hybridized carbons (Fsp3) is 0.630. The van der Waals surface area contributed by atoms with E-state index in [1.165, 1.54) is 0 Å². The molecule has 0 aromatic carbocycles. The second-order valence-electron chi connectivity index (χ2n) is 11.6. The third-order valence-electron chi connectivity index (χ3n) is 7.37. The molecule has 2 aliphatic rings. The lowest BCUT2D eigenvalue weighted by molar-refractivity contribution is -0.301. The lowest BCUT2D eigenvalue weighted by Gasteiger charge is -2.45. The number of aromatic nitrogens is 4. The molecule has 0 radical (unpaired) electrons. The van der Waals surface area contributed by atoms with Crippen molar-refractivity contribution in [3.05, 3.63) is 12.7 Å². The number of phosphoric ester groups is 2. The zero-order valence-corrected chi connectivity index (χ0v) is 31.1. The predicted molar refractivity (Wildman–Crippen MR) is 170 cm³/mol. The first kappa shape index (κ1) is 43.5. The number of aliphatic hydroxyl groups excluding tert-OH is 1. The lowest BCUT2D eigenvalue weighted by atomic mass is 9.94. The van der Waals surface area contributed by atoms with Crippen molar-refractivity contribution in [2.24, 2.45) is 0 Å². The van der Waals surface area contributed by atoms with Crippen molar-refractivity contribution < 1.29 is 98.9 Å². The molecule has 55 heavy (non-hydrogen) atoms. The summed E-state index contributed by atoms with van der Waals surface area (Å²) in [6, 6.07) is 0. The molecule has 25 nitrogen and oxygen atoms in total. The summed E-state index contributed by atoms with van der Waals surface area (Å²) in [5.41, 5.74) is 5.84. The van der Waals surface area contributed by atoms with Gasteiger partial charge in [-0.25, -0.2) is 28.5 Å². The van der Waals surface area contributed by atoms with Crippen LogP contribution in [0.2, 0.25) is 0 Å². The summed E-state index contributed by atoms with van der Waals surface area (Å²) in [5, 5.41) is 10.5. The van der Waals surface area contributed by atoms with E-state index in [1.54, 1.807) is 0 Å². The summed E-state index contributed by atoms with van der Waals surface area (Å²) in [4.78, 5) is 92.7. The molecule has 0 spiro atoms. The average molecular weight is 832 g/mol. The Balaban J connectivity index is 1.57. The van der Waals surface area contributed by atoms with Crippen LogP contribution in [-0.4, -0.2) is 133 Å². The first-order chi connectivity index (χ1) is 25.6. The minimum Gasteiger partial charge on any atom is -0.462 e. The highest BCUT2D eigenvalue weighted by Gasteiger charge is 2.57. The zero-order valence-electron chi connectivity index (χ0n) is 29.3. The Morgan fingerprint density at radius 2 is 1.51 bits per heavy atom. The van der Waals surface area contributed by atoms with Crippen LogP contribution in [0.3, 0.4) is 0 Å². The van der Waals surface area contributed by atoms with Crippen LogP contribution in [0.15, 0.2) is 12.7 Å². The van der Waals surface area contributed by atoms with Gasteiger partial charge in [0.25, 0.3) is 0 Å². The number of hydrogen-bond donors (Lipinski definition) is 4. The van der Waals surface area contributed by atoms with Gasteiger partial charge in [-0.15, -0.1) is 0 Å². The maximum atomic E-state index is 15.2. The highest BCUT2D eigenvalue weighted by Crippen LogP contribution is 2.62. The largest absolute Gasteiger partial charge is 0.483 e. The average Bonchev–Trinajstić information content (AvgIpc) is 3.60. The van der Waals surface area contributed by atoms with Crippen LogP contribution in [0.4, 0.5) is 10.2 Å². The van der Waals surface area contributed by atoms with Crippen LogP contribution < -0.4 is 5.73 Å². The summed E-state index contributed by atoms with van der Waals surface area (Å²) in [6.45, 7) is 2.58. The van der Waals surface area contributed by atoms with Crippen LogP contribution >= 0.6 is 15.6 Å². The number of nitrogens with zero attached hydrogens (tertiary/aromatic N) is 4. The Morgan fingerprint density at radius 3 is 2.11 bits per heavy atom. The number of rotatable bonds is 15. The van der Waals surface area contributed by atoms with Gasteiger partial charge in [0.15, 0.2) is 48.3 Å².